The smallest absolute Gasteiger partial charge is 0.316 e. The summed E-state index contributed by atoms with van der Waals surface area (Å²) in [7, 11) is 0. The maximum atomic E-state index is 12.0. The minimum Gasteiger partial charge on any atom is -0.465 e. The molecule has 1 rings (SSSR count). The molecule has 0 amide bonds. The van der Waals surface area contributed by atoms with Crippen molar-refractivity contribution in [2.24, 2.45) is 0 Å². The van der Waals surface area contributed by atoms with E-state index in [9.17, 15) is 4.79 Å². The Morgan fingerprint density at radius 2 is 1.88 bits per heavy atom. The highest BCUT2D eigenvalue weighted by Gasteiger charge is 2.35. The molecule has 0 spiro atoms. The van der Waals surface area contributed by atoms with Crippen molar-refractivity contribution in [1.29, 1.82) is 0 Å². The van der Waals surface area contributed by atoms with E-state index >= 15 is 0 Å². The van der Waals surface area contributed by atoms with Crippen LogP contribution < -0.4 is 0 Å². The predicted octanol–water partition coefficient (Wildman–Crippen LogP) is 3.31. The van der Waals surface area contributed by atoms with Crippen LogP contribution in [0.25, 0.3) is 0 Å². The van der Waals surface area contributed by atoms with Crippen LogP contribution in [0.1, 0.15) is 39.2 Å². The van der Waals surface area contributed by atoms with Crippen LogP contribution in [0.4, 0.5) is 0 Å². The van der Waals surface area contributed by atoms with Crippen molar-refractivity contribution in [1.82, 2.24) is 0 Å². The fraction of sp³-hybridized carbons (Fsp3) is 0.500. The van der Waals surface area contributed by atoms with Crippen molar-refractivity contribution < 1.29 is 9.53 Å². The Bertz CT molecular complexity index is 332. The molecule has 16 heavy (non-hydrogen) atoms. The molecule has 0 saturated carbocycles. The van der Waals surface area contributed by atoms with Gasteiger partial charge in [-0.25, -0.2) is 0 Å². The molecule has 0 aromatic heterocycles. The Morgan fingerprint density at radius 1 is 1.25 bits per heavy atom. The van der Waals surface area contributed by atoms with Crippen molar-refractivity contribution in [3.8, 4) is 0 Å². The molecular formula is C14H20O2. The summed E-state index contributed by atoms with van der Waals surface area (Å²) in [5, 5.41) is 0. The lowest BCUT2D eigenvalue weighted by Gasteiger charge is -2.27. The van der Waals surface area contributed by atoms with Crippen molar-refractivity contribution in [3.63, 3.8) is 0 Å². The van der Waals surface area contributed by atoms with Gasteiger partial charge < -0.3 is 4.74 Å². The Hall–Kier alpha value is -1.31. The maximum absolute atomic E-state index is 12.0. The standard InChI is InChI=1S/C14H20O2/c1-4-11-14(3,13(15)16-5-2)12-9-7-6-8-10-12/h6-10H,4-5,11H2,1-3H3. The molecule has 88 valence electrons. The third kappa shape index (κ3) is 2.63. The molecule has 0 fully saturated rings. The molecule has 1 aromatic carbocycles. The first-order chi connectivity index (χ1) is 7.65. The van der Waals surface area contributed by atoms with E-state index in [4.69, 9.17) is 4.74 Å². The Balaban J connectivity index is 3.01. The molecule has 0 radical (unpaired) electrons. The van der Waals surface area contributed by atoms with E-state index < -0.39 is 5.41 Å². The maximum Gasteiger partial charge on any atom is 0.316 e. The summed E-state index contributed by atoms with van der Waals surface area (Å²) in [5.41, 5.74) is 0.529. The molecule has 0 saturated heterocycles. The lowest BCUT2D eigenvalue weighted by molar-refractivity contribution is -0.149. The lowest BCUT2D eigenvalue weighted by atomic mass is 9.79. The fourth-order valence-corrected chi connectivity index (χ4v) is 1.96. The number of hydrogen-bond acceptors (Lipinski definition) is 2. The van der Waals surface area contributed by atoms with Crippen molar-refractivity contribution in [2.75, 3.05) is 6.61 Å². The molecule has 0 heterocycles. The summed E-state index contributed by atoms with van der Waals surface area (Å²) < 4.78 is 5.18. The van der Waals surface area contributed by atoms with E-state index in [0.29, 0.717) is 6.61 Å². The minimum atomic E-state index is -0.508. The number of benzene rings is 1. The average Bonchev–Trinajstić information content (AvgIpc) is 2.30. The van der Waals surface area contributed by atoms with Gasteiger partial charge in [-0.2, -0.15) is 0 Å². The molecule has 0 aliphatic heterocycles. The molecule has 1 aromatic rings. The molecule has 1 atom stereocenters. The number of esters is 1. The van der Waals surface area contributed by atoms with E-state index in [1.54, 1.807) is 0 Å². The quantitative estimate of drug-likeness (QED) is 0.712. The SMILES string of the molecule is CCCC(C)(C(=O)OCC)c1ccccc1. The third-order valence-corrected chi connectivity index (χ3v) is 2.89. The Labute approximate surface area is 97.6 Å². The zero-order valence-electron chi connectivity index (χ0n) is 10.3. The van der Waals surface area contributed by atoms with Crippen LogP contribution in [0, 0.1) is 0 Å². The Morgan fingerprint density at radius 3 is 2.38 bits per heavy atom. The van der Waals surface area contributed by atoms with Gasteiger partial charge in [0.1, 0.15) is 0 Å². The van der Waals surface area contributed by atoms with Gasteiger partial charge in [-0.05, 0) is 25.8 Å². The number of rotatable bonds is 5. The number of ether oxygens (including phenoxy) is 1. The third-order valence-electron chi connectivity index (χ3n) is 2.89. The lowest BCUT2D eigenvalue weighted by Crippen LogP contribution is -2.34. The minimum absolute atomic E-state index is 0.122. The molecule has 2 nitrogen and oxygen atoms in total. The van der Waals surface area contributed by atoms with Gasteiger partial charge >= 0.3 is 5.97 Å². The summed E-state index contributed by atoms with van der Waals surface area (Å²) in [6.07, 6.45) is 1.78. The molecular weight excluding hydrogens is 200 g/mol. The second kappa shape index (κ2) is 5.69. The van der Waals surface area contributed by atoms with Gasteiger partial charge in [0, 0.05) is 0 Å². The first kappa shape index (κ1) is 12.8. The summed E-state index contributed by atoms with van der Waals surface area (Å²) in [5.74, 6) is -0.122. The van der Waals surface area contributed by atoms with Crippen LogP contribution in [0.5, 0.6) is 0 Å². The molecule has 0 bridgehead atoms. The van der Waals surface area contributed by atoms with Crippen LogP contribution in [0.3, 0.4) is 0 Å². The topological polar surface area (TPSA) is 26.3 Å². The van der Waals surface area contributed by atoms with Crippen LogP contribution >= 0.6 is 0 Å². The van der Waals surface area contributed by atoms with Crippen molar-refractivity contribution in [3.05, 3.63) is 35.9 Å². The predicted molar refractivity (Wildman–Crippen MR) is 65.3 cm³/mol. The monoisotopic (exact) mass is 220 g/mol. The highest BCUT2D eigenvalue weighted by Crippen LogP contribution is 2.30. The first-order valence-electron chi connectivity index (χ1n) is 5.88. The number of carbonyl (C=O) groups excluding carboxylic acids is 1. The molecule has 0 aliphatic rings. The summed E-state index contributed by atoms with van der Waals surface area (Å²) in [6.45, 7) is 6.32. The number of carbonyl (C=O) groups is 1. The van der Waals surface area contributed by atoms with Gasteiger partial charge in [-0.3, -0.25) is 4.79 Å². The first-order valence-corrected chi connectivity index (χ1v) is 5.88. The van der Waals surface area contributed by atoms with Crippen LogP contribution in [-0.4, -0.2) is 12.6 Å². The van der Waals surface area contributed by atoms with Crippen LogP contribution in [0.15, 0.2) is 30.3 Å². The normalized spacial score (nSPS) is 14.2. The highest BCUT2D eigenvalue weighted by molar-refractivity contribution is 5.82. The van der Waals surface area contributed by atoms with E-state index in [-0.39, 0.29) is 5.97 Å². The van der Waals surface area contributed by atoms with Crippen molar-refractivity contribution >= 4 is 5.97 Å². The van der Waals surface area contributed by atoms with E-state index in [0.717, 1.165) is 18.4 Å². The summed E-state index contributed by atoms with van der Waals surface area (Å²) in [6, 6.07) is 9.87. The molecule has 0 aliphatic carbocycles. The van der Waals surface area contributed by atoms with Gasteiger partial charge in [0.05, 0.1) is 12.0 Å². The highest BCUT2D eigenvalue weighted by atomic mass is 16.5. The van der Waals surface area contributed by atoms with Gasteiger partial charge in [0.25, 0.3) is 0 Å². The van der Waals surface area contributed by atoms with Gasteiger partial charge in [0.2, 0.25) is 0 Å². The second-order valence-corrected chi connectivity index (χ2v) is 4.17. The van der Waals surface area contributed by atoms with Crippen molar-refractivity contribution in [2.45, 2.75) is 39.0 Å². The zero-order valence-corrected chi connectivity index (χ0v) is 10.3. The van der Waals surface area contributed by atoms with Crippen LogP contribution in [0.2, 0.25) is 0 Å². The summed E-state index contributed by atoms with van der Waals surface area (Å²) in [4.78, 5) is 12.0. The largest absolute Gasteiger partial charge is 0.465 e. The van der Waals surface area contributed by atoms with Gasteiger partial charge in [-0.1, -0.05) is 43.7 Å². The van der Waals surface area contributed by atoms with Crippen LogP contribution in [-0.2, 0) is 14.9 Å². The van der Waals surface area contributed by atoms with Gasteiger partial charge in [-0.15, -0.1) is 0 Å². The molecule has 0 N–H and O–H groups in total. The van der Waals surface area contributed by atoms with E-state index in [1.807, 2.05) is 44.2 Å². The van der Waals surface area contributed by atoms with E-state index in [2.05, 4.69) is 6.92 Å². The molecule has 2 heteroatoms. The van der Waals surface area contributed by atoms with E-state index in [1.165, 1.54) is 0 Å². The zero-order chi connectivity index (χ0) is 12.0. The summed E-state index contributed by atoms with van der Waals surface area (Å²) >= 11 is 0. The number of hydrogen-bond donors (Lipinski definition) is 0. The van der Waals surface area contributed by atoms with Gasteiger partial charge in [0.15, 0.2) is 0 Å². The second-order valence-electron chi connectivity index (χ2n) is 4.17. The molecule has 1 unspecified atom stereocenters. The average molecular weight is 220 g/mol. The fourth-order valence-electron chi connectivity index (χ4n) is 1.96. The Kier molecular flexibility index (Phi) is 4.53.